The van der Waals surface area contributed by atoms with Crippen molar-refractivity contribution in [3.8, 4) is 5.75 Å². The van der Waals surface area contributed by atoms with Crippen LogP contribution in [0.4, 0.5) is 0 Å². The lowest BCUT2D eigenvalue weighted by Crippen LogP contribution is -2.61. The van der Waals surface area contributed by atoms with E-state index in [1.54, 1.807) is 12.1 Å². The number of nitrogens with zero attached hydrogens (tertiary/aromatic N) is 1. The lowest BCUT2D eigenvalue weighted by atomic mass is 9.69. The van der Waals surface area contributed by atoms with Crippen LogP contribution in [0.25, 0.3) is 0 Å². The number of primary amides is 1. The molecule has 1 heterocycles. The molecule has 1 aliphatic rings. The van der Waals surface area contributed by atoms with E-state index in [4.69, 9.17) is 22.1 Å². The third kappa shape index (κ3) is 5.37. The molecule has 0 aliphatic carbocycles. The van der Waals surface area contributed by atoms with Gasteiger partial charge in [-0.2, -0.15) is 0 Å². The maximum Gasteiger partial charge on any atom is 0.232 e. The van der Waals surface area contributed by atoms with Crippen molar-refractivity contribution in [3.63, 3.8) is 0 Å². The smallest absolute Gasteiger partial charge is 0.232 e. The third-order valence-corrected chi connectivity index (χ3v) is 7.59. The zero-order valence-corrected chi connectivity index (χ0v) is 21.0. The second-order valence-electron chi connectivity index (χ2n) is 9.94. The number of amides is 1. The molecule has 0 bridgehead atoms. The van der Waals surface area contributed by atoms with Crippen molar-refractivity contribution in [3.05, 3.63) is 101 Å². The minimum atomic E-state index is -0.892. The van der Waals surface area contributed by atoms with Gasteiger partial charge in [0, 0.05) is 18.6 Å². The number of nitrogens with two attached hydrogens (primary N) is 1. The molecule has 0 atom stereocenters. The second-order valence-corrected chi connectivity index (χ2v) is 10.3. The van der Waals surface area contributed by atoms with Crippen molar-refractivity contribution < 1.29 is 14.6 Å². The Morgan fingerprint density at radius 1 is 1.00 bits per heavy atom. The van der Waals surface area contributed by atoms with E-state index in [2.05, 4.69) is 18.7 Å². The average molecular weight is 493 g/mol. The zero-order chi connectivity index (χ0) is 25.1. The van der Waals surface area contributed by atoms with E-state index < -0.39 is 5.41 Å². The van der Waals surface area contributed by atoms with Gasteiger partial charge in [-0.25, -0.2) is 0 Å². The van der Waals surface area contributed by atoms with Crippen molar-refractivity contribution in [2.24, 2.45) is 5.73 Å². The molecule has 3 aromatic carbocycles. The van der Waals surface area contributed by atoms with Crippen molar-refractivity contribution in [2.45, 2.75) is 50.4 Å². The Labute approximate surface area is 212 Å². The summed E-state index contributed by atoms with van der Waals surface area (Å²) in [6.07, 6.45) is 1.52. The molecule has 0 spiro atoms. The fourth-order valence-corrected chi connectivity index (χ4v) is 4.98. The molecule has 1 saturated heterocycles. The summed E-state index contributed by atoms with van der Waals surface area (Å²) in [5.74, 6) is -0.263. The van der Waals surface area contributed by atoms with Crippen LogP contribution in [0.5, 0.6) is 5.75 Å². The van der Waals surface area contributed by atoms with Gasteiger partial charge >= 0.3 is 0 Å². The first-order chi connectivity index (χ1) is 16.7. The van der Waals surface area contributed by atoms with E-state index in [9.17, 15) is 9.90 Å². The van der Waals surface area contributed by atoms with Gasteiger partial charge in [-0.15, -0.1) is 0 Å². The molecule has 0 unspecified atom stereocenters. The van der Waals surface area contributed by atoms with Crippen LogP contribution in [0.1, 0.15) is 43.4 Å². The predicted molar refractivity (Wildman–Crippen MR) is 139 cm³/mol. The Morgan fingerprint density at radius 3 is 2.09 bits per heavy atom. The third-order valence-electron chi connectivity index (χ3n) is 7.27. The Hall–Kier alpha value is -2.86. The number of hydrogen-bond acceptors (Lipinski definition) is 4. The summed E-state index contributed by atoms with van der Waals surface area (Å²) in [7, 11) is 0. The van der Waals surface area contributed by atoms with Gasteiger partial charge in [0.15, 0.2) is 0 Å². The largest absolute Gasteiger partial charge is 0.506 e. The number of phenols is 1. The molecule has 184 valence electrons. The maximum absolute atomic E-state index is 13.1. The number of hydrogen-bond donors (Lipinski definition) is 2. The first kappa shape index (κ1) is 25.2. The highest BCUT2D eigenvalue weighted by molar-refractivity contribution is 6.32. The summed E-state index contributed by atoms with van der Waals surface area (Å²) in [6, 6.07) is 24.9. The van der Waals surface area contributed by atoms with Gasteiger partial charge in [-0.3, -0.25) is 9.69 Å². The van der Waals surface area contributed by atoms with Crippen LogP contribution in [0.3, 0.4) is 0 Å². The minimum absolute atomic E-state index is 0.0684. The quantitative estimate of drug-likeness (QED) is 0.404. The van der Waals surface area contributed by atoms with Gasteiger partial charge in [-0.1, -0.05) is 78.3 Å². The lowest BCUT2D eigenvalue weighted by molar-refractivity contribution is -0.123. The van der Waals surface area contributed by atoms with E-state index >= 15 is 0 Å². The maximum atomic E-state index is 13.1. The number of aromatic hydroxyl groups is 1. The van der Waals surface area contributed by atoms with Crippen molar-refractivity contribution in [2.75, 3.05) is 13.1 Å². The Bertz CT molecular complexity index is 1110. The molecular formula is C29H33ClN2O3. The van der Waals surface area contributed by atoms with Crippen LogP contribution in [0, 0.1) is 0 Å². The normalized spacial score (nSPS) is 15.1. The van der Waals surface area contributed by atoms with Gasteiger partial charge in [0.25, 0.3) is 0 Å². The van der Waals surface area contributed by atoms with Gasteiger partial charge in [-0.05, 0) is 55.5 Å². The average Bonchev–Trinajstić information content (AvgIpc) is 2.82. The molecule has 0 radical (unpaired) electrons. The highest BCUT2D eigenvalue weighted by Crippen LogP contribution is 2.40. The molecule has 1 aliphatic heterocycles. The van der Waals surface area contributed by atoms with Crippen LogP contribution in [-0.2, 0) is 21.6 Å². The van der Waals surface area contributed by atoms with Gasteiger partial charge in [0.2, 0.25) is 5.91 Å². The van der Waals surface area contributed by atoms with E-state index in [0.717, 1.165) is 36.2 Å². The SMILES string of the molecule is CC(C)(CCC(C(N)=O)(c1ccccc1)c1ccccc1)N1CC(OCc2ccc(Cl)c(O)c2)C1. The Morgan fingerprint density at radius 2 is 1.57 bits per heavy atom. The van der Waals surface area contributed by atoms with Crippen LogP contribution >= 0.6 is 11.6 Å². The number of likely N-dealkylation sites (tertiary alicyclic amines) is 1. The minimum Gasteiger partial charge on any atom is -0.506 e. The molecule has 1 amide bonds. The summed E-state index contributed by atoms with van der Waals surface area (Å²) < 4.78 is 6.04. The summed E-state index contributed by atoms with van der Waals surface area (Å²) in [4.78, 5) is 15.5. The van der Waals surface area contributed by atoms with Gasteiger partial charge < -0.3 is 15.6 Å². The topological polar surface area (TPSA) is 75.8 Å². The van der Waals surface area contributed by atoms with Crippen LogP contribution < -0.4 is 5.73 Å². The lowest BCUT2D eigenvalue weighted by Gasteiger charge is -2.50. The molecule has 3 N–H and O–H groups in total. The van der Waals surface area contributed by atoms with Gasteiger partial charge in [0.1, 0.15) is 5.75 Å². The number of halogens is 1. The molecule has 4 rings (SSSR count). The first-order valence-corrected chi connectivity index (χ1v) is 12.4. The highest BCUT2D eigenvalue weighted by atomic mass is 35.5. The number of ether oxygens (including phenoxy) is 1. The molecule has 6 heteroatoms. The molecule has 0 aromatic heterocycles. The van der Waals surface area contributed by atoms with Crippen LogP contribution in [0.15, 0.2) is 78.9 Å². The summed E-state index contributed by atoms with van der Waals surface area (Å²) in [5.41, 5.74) is 7.83. The molecule has 1 fully saturated rings. The number of rotatable bonds is 10. The van der Waals surface area contributed by atoms with E-state index in [1.165, 1.54) is 0 Å². The van der Waals surface area contributed by atoms with E-state index in [1.807, 2.05) is 66.7 Å². The van der Waals surface area contributed by atoms with E-state index in [-0.39, 0.29) is 23.3 Å². The number of carbonyl (C=O) groups excluding carboxylic acids is 1. The van der Waals surface area contributed by atoms with Gasteiger partial charge in [0.05, 0.1) is 23.1 Å². The molecule has 5 nitrogen and oxygen atoms in total. The van der Waals surface area contributed by atoms with Crippen LogP contribution in [-0.4, -0.2) is 40.6 Å². The summed E-state index contributed by atoms with van der Waals surface area (Å²) in [5, 5.41) is 10.1. The first-order valence-electron chi connectivity index (χ1n) is 12.0. The van der Waals surface area contributed by atoms with Crippen LogP contribution in [0.2, 0.25) is 5.02 Å². The fraction of sp³-hybridized carbons (Fsp3) is 0.345. The predicted octanol–water partition coefficient (Wildman–Crippen LogP) is 5.28. The summed E-state index contributed by atoms with van der Waals surface area (Å²) >= 11 is 5.88. The highest BCUT2D eigenvalue weighted by Gasteiger charge is 2.44. The Balaban J connectivity index is 1.42. The van der Waals surface area contributed by atoms with Crippen molar-refractivity contribution >= 4 is 17.5 Å². The number of benzene rings is 3. The number of phenolic OH excluding ortho intramolecular Hbond substituents is 1. The fourth-order valence-electron chi connectivity index (χ4n) is 4.86. The molecular weight excluding hydrogens is 460 g/mol. The Kier molecular flexibility index (Phi) is 7.50. The van der Waals surface area contributed by atoms with Crippen molar-refractivity contribution in [1.82, 2.24) is 4.90 Å². The van der Waals surface area contributed by atoms with E-state index in [0.29, 0.717) is 18.1 Å². The second kappa shape index (κ2) is 10.4. The monoisotopic (exact) mass is 492 g/mol. The molecule has 3 aromatic rings. The zero-order valence-electron chi connectivity index (χ0n) is 20.3. The number of carbonyl (C=O) groups is 1. The molecule has 35 heavy (non-hydrogen) atoms. The summed E-state index contributed by atoms with van der Waals surface area (Å²) in [6.45, 7) is 6.47. The van der Waals surface area contributed by atoms with Crippen molar-refractivity contribution in [1.29, 1.82) is 0 Å². The standard InChI is InChI=1S/C29H33ClN2O3/c1-28(2,32-18-24(19-32)35-20-21-13-14-25(30)26(33)17-21)15-16-29(27(31)34,22-9-5-3-6-10-22)23-11-7-4-8-12-23/h3-14,17,24,33H,15-16,18-20H2,1-2H3,(H2,31,34). The molecule has 0 saturated carbocycles.